The number of carbonyl (C=O) groups is 2. The summed E-state index contributed by atoms with van der Waals surface area (Å²) in [5.41, 5.74) is 6.75. The van der Waals surface area contributed by atoms with Gasteiger partial charge in [0.1, 0.15) is 17.7 Å². The second-order valence-electron chi connectivity index (χ2n) is 9.42. The van der Waals surface area contributed by atoms with Gasteiger partial charge in [0.15, 0.2) is 0 Å². The zero-order valence-corrected chi connectivity index (χ0v) is 19.0. The SMILES string of the molecule is Cc1cc(C(=O)N2C(C(N)=O)CC3CC32[C@@H](c2cc(F)c(Cl)cc2F)C2COC2)cc(C)n1. The molecule has 5 rings (SSSR count). The van der Waals surface area contributed by atoms with Crippen LogP contribution < -0.4 is 5.73 Å². The van der Waals surface area contributed by atoms with Crippen molar-refractivity contribution in [2.24, 2.45) is 17.6 Å². The number of fused-ring (bicyclic) bond motifs is 1. The minimum atomic E-state index is -0.850. The summed E-state index contributed by atoms with van der Waals surface area (Å²) >= 11 is 5.81. The van der Waals surface area contributed by atoms with Crippen LogP contribution in [0.1, 0.15) is 46.1 Å². The predicted octanol–water partition coefficient (Wildman–Crippen LogP) is 3.52. The molecule has 1 aliphatic carbocycles. The van der Waals surface area contributed by atoms with E-state index < -0.39 is 35.0 Å². The van der Waals surface area contributed by atoms with Crippen molar-refractivity contribution in [1.29, 1.82) is 0 Å². The van der Waals surface area contributed by atoms with Gasteiger partial charge in [-0.3, -0.25) is 14.6 Å². The Morgan fingerprint density at radius 1 is 1.18 bits per heavy atom. The van der Waals surface area contributed by atoms with Gasteiger partial charge >= 0.3 is 0 Å². The van der Waals surface area contributed by atoms with Crippen molar-refractivity contribution in [2.45, 2.75) is 44.2 Å². The summed E-state index contributed by atoms with van der Waals surface area (Å²) in [6, 6.07) is 4.59. The van der Waals surface area contributed by atoms with Crippen LogP contribution in [-0.2, 0) is 9.53 Å². The molecular formula is C24H24ClF2N3O3. The smallest absolute Gasteiger partial charge is 0.255 e. The molecule has 2 N–H and O–H groups in total. The molecule has 1 aromatic carbocycles. The Kier molecular flexibility index (Phi) is 5.21. The molecule has 2 saturated heterocycles. The number of nitrogens with zero attached hydrogens (tertiary/aromatic N) is 2. The molecule has 6 nitrogen and oxygen atoms in total. The molecule has 2 amide bonds. The minimum absolute atomic E-state index is 0.0493. The van der Waals surface area contributed by atoms with Gasteiger partial charge in [-0.25, -0.2) is 8.78 Å². The zero-order chi connectivity index (χ0) is 23.7. The van der Waals surface area contributed by atoms with Gasteiger partial charge in [-0.15, -0.1) is 0 Å². The van der Waals surface area contributed by atoms with Gasteiger partial charge in [0.05, 0.1) is 23.8 Å². The predicted molar refractivity (Wildman–Crippen MR) is 117 cm³/mol. The van der Waals surface area contributed by atoms with E-state index >= 15 is 4.39 Å². The van der Waals surface area contributed by atoms with E-state index in [4.69, 9.17) is 22.1 Å². The molecule has 2 aromatic rings. The first-order valence-corrected chi connectivity index (χ1v) is 11.3. The van der Waals surface area contributed by atoms with Crippen LogP contribution in [0.15, 0.2) is 24.3 Å². The highest BCUT2D eigenvalue weighted by atomic mass is 35.5. The van der Waals surface area contributed by atoms with Crippen LogP contribution >= 0.6 is 11.6 Å². The molecule has 2 aliphatic heterocycles. The van der Waals surface area contributed by atoms with E-state index in [1.54, 1.807) is 30.9 Å². The van der Waals surface area contributed by atoms with Crippen molar-refractivity contribution < 1.29 is 23.1 Å². The standard InChI is InChI=1S/C24H24ClF2N3O3/c1-11-3-13(4-12(2)29-11)23(32)30-20(22(28)31)5-15-8-24(15,30)21(14-9-33-10-14)16-6-19(27)17(25)7-18(16)26/h3-4,6-7,14-15,20-21H,5,8-10H2,1-2H3,(H2,28,31)/t15?,20?,21-,24?/m1/s1. The Labute approximate surface area is 195 Å². The van der Waals surface area contributed by atoms with Gasteiger partial charge < -0.3 is 15.4 Å². The highest BCUT2D eigenvalue weighted by Gasteiger charge is 2.72. The summed E-state index contributed by atoms with van der Waals surface area (Å²) in [5, 5.41) is -0.304. The molecule has 0 spiro atoms. The molecule has 9 heteroatoms. The Bertz CT molecular complexity index is 1150. The number of ether oxygens (including phenoxy) is 1. The number of aromatic nitrogens is 1. The lowest BCUT2D eigenvalue weighted by atomic mass is 9.76. The number of primary amides is 1. The van der Waals surface area contributed by atoms with Crippen LogP contribution in [0, 0.1) is 37.3 Å². The molecule has 1 saturated carbocycles. The van der Waals surface area contributed by atoms with E-state index in [1.165, 1.54) is 0 Å². The third-order valence-electron chi connectivity index (χ3n) is 7.31. The lowest BCUT2D eigenvalue weighted by Crippen LogP contribution is -2.55. The number of pyridine rings is 1. The lowest BCUT2D eigenvalue weighted by Gasteiger charge is -2.44. The Morgan fingerprint density at radius 2 is 1.85 bits per heavy atom. The third-order valence-corrected chi connectivity index (χ3v) is 7.60. The van der Waals surface area contributed by atoms with E-state index in [2.05, 4.69) is 4.98 Å². The molecule has 174 valence electrons. The molecule has 0 bridgehead atoms. The maximum absolute atomic E-state index is 15.2. The van der Waals surface area contributed by atoms with Gasteiger partial charge in [-0.1, -0.05) is 11.6 Å². The number of piperidine rings is 1. The van der Waals surface area contributed by atoms with Crippen molar-refractivity contribution in [3.05, 3.63) is 63.4 Å². The normalized spacial score (nSPS) is 27.1. The molecule has 3 aliphatic rings. The minimum Gasteiger partial charge on any atom is -0.381 e. The largest absolute Gasteiger partial charge is 0.381 e. The summed E-state index contributed by atoms with van der Waals surface area (Å²) in [5.74, 6) is -3.06. The third kappa shape index (κ3) is 3.42. The number of aryl methyl sites for hydroxylation is 2. The molecule has 4 atom stereocenters. The van der Waals surface area contributed by atoms with Gasteiger partial charge in [-0.05, 0) is 62.4 Å². The van der Waals surface area contributed by atoms with Crippen LogP contribution in [0.25, 0.3) is 0 Å². The summed E-state index contributed by atoms with van der Waals surface area (Å²) in [7, 11) is 0. The number of halogens is 3. The van der Waals surface area contributed by atoms with Crippen LogP contribution in [0.5, 0.6) is 0 Å². The first kappa shape index (κ1) is 22.2. The summed E-state index contributed by atoms with van der Waals surface area (Å²) in [6.07, 6.45) is 0.975. The second-order valence-corrected chi connectivity index (χ2v) is 9.83. The van der Waals surface area contributed by atoms with E-state index in [9.17, 15) is 14.0 Å². The van der Waals surface area contributed by atoms with Crippen molar-refractivity contribution in [3.63, 3.8) is 0 Å². The number of carbonyl (C=O) groups excluding carboxylic acids is 2. The average molecular weight is 476 g/mol. The highest BCUT2D eigenvalue weighted by Crippen LogP contribution is 2.67. The number of nitrogens with two attached hydrogens (primary N) is 1. The molecule has 33 heavy (non-hydrogen) atoms. The molecule has 3 unspecified atom stereocenters. The van der Waals surface area contributed by atoms with Gasteiger partial charge in [-0.2, -0.15) is 0 Å². The topological polar surface area (TPSA) is 85.5 Å². The van der Waals surface area contributed by atoms with Crippen LogP contribution in [0.4, 0.5) is 8.78 Å². The fraction of sp³-hybridized carbons (Fsp3) is 0.458. The maximum atomic E-state index is 15.2. The van der Waals surface area contributed by atoms with Gasteiger partial charge in [0.2, 0.25) is 5.91 Å². The summed E-state index contributed by atoms with van der Waals surface area (Å²) in [4.78, 5) is 32.1. The van der Waals surface area contributed by atoms with E-state index in [0.717, 1.165) is 12.1 Å². The van der Waals surface area contributed by atoms with Crippen molar-refractivity contribution in [1.82, 2.24) is 9.88 Å². The van der Waals surface area contributed by atoms with E-state index in [-0.39, 0.29) is 28.3 Å². The first-order valence-electron chi connectivity index (χ1n) is 10.9. The molecule has 1 aromatic heterocycles. The summed E-state index contributed by atoms with van der Waals surface area (Å²) < 4.78 is 35.0. The average Bonchev–Trinajstić information content (AvgIpc) is 3.31. The van der Waals surface area contributed by atoms with Gasteiger partial charge in [0.25, 0.3) is 5.91 Å². The van der Waals surface area contributed by atoms with E-state index in [1.807, 2.05) is 0 Å². The number of rotatable bonds is 5. The maximum Gasteiger partial charge on any atom is 0.255 e. The van der Waals surface area contributed by atoms with Gasteiger partial charge in [0, 0.05) is 28.8 Å². The second kappa shape index (κ2) is 7.74. The molecule has 3 fully saturated rings. The van der Waals surface area contributed by atoms with Crippen LogP contribution in [0.3, 0.4) is 0 Å². The Balaban J connectivity index is 1.65. The fourth-order valence-corrected chi connectivity index (χ4v) is 6.09. The number of benzene rings is 1. The lowest BCUT2D eigenvalue weighted by molar-refractivity contribution is -0.123. The molecular weight excluding hydrogens is 452 g/mol. The molecule has 0 radical (unpaired) electrons. The number of hydrogen-bond donors (Lipinski definition) is 1. The number of hydrogen-bond acceptors (Lipinski definition) is 4. The quantitative estimate of drug-likeness (QED) is 0.670. The van der Waals surface area contributed by atoms with Crippen molar-refractivity contribution in [3.8, 4) is 0 Å². The first-order chi connectivity index (χ1) is 15.6. The van der Waals surface area contributed by atoms with Crippen LogP contribution in [-0.4, -0.2) is 46.5 Å². The molecule has 3 heterocycles. The monoisotopic (exact) mass is 475 g/mol. The van der Waals surface area contributed by atoms with Crippen molar-refractivity contribution in [2.75, 3.05) is 13.2 Å². The van der Waals surface area contributed by atoms with Crippen LogP contribution in [0.2, 0.25) is 5.02 Å². The fourth-order valence-electron chi connectivity index (χ4n) is 5.94. The number of likely N-dealkylation sites (tertiary alicyclic amines) is 1. The Hall–Kier alpha value is -2.58. The number of amides is 2. The highest BCUT2D eigenvalue weighted by molar-refractivity contribution is 6.30. The van der Waals surface area contributed by atoms with E-state index in [0.29, 0.717) is 43.0 Å². The summed E-state index contributed by atoms with van der Waals surface area (Å²) in [6.45, 7) is 4.30. The zero-order valence-electron chi connectivity index (χ0n) is 18.3. The Morgan fingerprint density at radius 3 is 2.42 bits per heavy atom. The van der Waals surface area contributed by atoms with Crippen molar-refractivity contribution >= 4 is 23.4 Å².